The Morgan fingerprint density at radius 2 is 1.28 bits per heavy atom. The Bertz CT molecular complexity index is 1330. The summed E-state index contributed by atoms with van der Waals surface area (Å²) in [5.41, 5.74) is 1.30. The standard InChI is InChI=1S/C21H20Cl2N2O5S2/c1-30-20-9-8-19(31(26,27)24-13-15-4-2-6-17(22)10-15)12-21(20)32(28,29)25-14-16-5-3-7-18(23)11-16/h2-12,24-25H,13-14H2,1H3. The van der Waals surface area contributed by atoms with Crippen LogP contribution in [0.4, 0.5) is 0 Å². The molecule has 0 saturated carbocycles. The second-order valence-electron chi connectivity index (χ2n) is 6.72. The molecule has 3 rings (SSSR count). The van der Waals surface area contributed by atoms with Gasteiger partial charge < -0.3 is 4.74 Å². The fraction of sp³-hybridized carbons (Fsp3) is 0.143. The summed E-state index contributed by atoms with van der Waals surface area (Å²) in [6.45, 7) is -0.0416. The van der Waals surface area contributed by atoms with Crippen molar-refractivity contribution in [3.63, 3.8) is 0 Å². The number of hydrogen-bond donors (Lipinski definition) is 2. The molecule has 0 spiro atoms. The average molecular weight is 515 g/mol. The normalized spacial score (nSPS) is 12.0. The van der Waals surface area contributed by atoms with Gasteiger partial charge >= 0.3 is 0 Å². The summed E-state index contributed by atoms with van der Waals surface area (Å²) in [6, 6.07) is 17.1. The Kier molecular flexibility index (Phi) is 7.81. The number of sulfonamides is 2. The monoisotopic (exact) mass is 514 g/mol. The molecule has 0 aliphatic carbocycles. The van der Waals surface area contributed by atoms with Gasteiger partial charge in [-0.15, -0.1) is 0 Å². The van der Waals surface area contributed by atoms with Crippen LogP contribution in [0.15, 0.2) is 76.5 Å². The molecule has 0 aromatic heterocycles. The molecule has 0 saturated heterocycles. The molecule has 0 aliphatic heterocycles. The van der Waals surface area contributed by atoms with Crippen LogP contribution in [-0.4, -0.2) is 23.9 Å². The Hall–Kier alpha value is -2.14. The molecule has 0 bridgehead atoms. The molecule has 0 unspecified atom stereocenters. The third-order valence-corrected chi connectivity index (χ3v) is 7.74. The van der Waals surface area contributed by atoms with Gasteiger partial charge in [-0.25, -0.2) is 26.3 Å². The summed E-state index contributed by atoms with van der Waals surface area (Å²) in [5, 5.41) is 0.948. The summed E-state index contributed by atoms with van der Waals surface area (Å²) in [5.74, 6) is 0.0115. The molecule has 0 atom stereocenters. The van der Waals surface area contributed by atoms with Gasteiger partial charge in [0.25, 0.3) is 0 Å². The Morgan fingerprint density at radius 3 is 1.78 bits per heavy atom. The highest BCUT2D eigenvalue weighted by molar-refractivity contribution is 7.90. The third-order valence-electron chi connectivity index (χ3n) is 4.45. The van der Waals surface area contributed by atoms with Gasteiger partial charge in [0, 0.05) is 23.1 Å². The van der Waals surface area contributed by atoms with Crippen LogP contribution in [-0.2, 0) is 33.1 Å². The molecule has 0 heterocycles. The maximum absolute atomic E-state index is 12.9. The number of methoxy groups -OCH3 is 1. The van der Waals surface area contributed by atoms with Crippen LogP contribution in [0.2, 0.25) is 10.0 Å². The van der Waals surface area contributed by atoms with Crippen LogP contribution in [0.1, 0.15) is 11.1 Å². The van der Waals surface area contributed by atoms with Crippen molar-refractivity contribution in [1.82, 2.24) is 9.44 Å². The second kappa shape index (κ2) is 10.2. The number of ether oxygens (including phenoxy) is 1. The molecule has 0 radical (unpaired) electrons. The zero-order chi connectivity index (χ0) is 23.4. The van der Waals surface area contributed by atoms with E-state index in [-0.39, 0.29) is 28.6 Å². The lowest BCUT2D eigenvalue weighted by Gasteiger charge is -2.13. The lowest BCUT2D eigenvalue weighted by atomic mass is 10.2. The number of halogens is 2. The van der Waals surface area contributed by atoms with Crippen molar-refractivity contribution in [3.8, 4) is 5.75 Å². The van der Waals surface area contributed by atoms with Gasteiger partial charge in [0.2, 0.25) is 20.0 Å². The van der Waals surface area contributed by atoms with E-state index in [0.29, 0.717) is 21.2 Å². The molecule has 7 nitrogen and oxygen atoms in total. The van der Waals surface area contributed by atoms with Crippen LogP contribution in [0.25, 0.3) is 0 Å². The second-order valence-corrected chi connectivity index (χ2v) is 11.1. The fourth-order valence-electron chi connectivity index (χ4n) is 2.85. The Balaban J connectivity index is 1.85. The predicted molar refractivity (Wildman–Crippen MR) is 124 cm³/mol. The van der Waals surface area contributed by atoms with Crippen LogP contribution in [0.3, 0.4) is 0 Å². The summed E-state index contributed by atoms with van der Waals surface area (Å²) in [4.78, 5) is -0.517. The molecule has 2 N–H and O–H groups in total. The van der Waals surface area contributed by atoms with Crippen LogP contribution in [0.5, 0.6) is 5.75 Å². The van der Waals surface area contributed by atoms with E-state index in [1.807, 2.05) is 0 Å². The zero-order valence-corrected chi connectivity index (χ0v) is 20.0. The number of benzene rings is 3. The summed E-state index contributed by atoms with van der Waals surface area (Å²) < 4.78 is 61.4. The SMILES string of the molecule is COc1ccc(S(=O)(=O)NCc2cccc(Cl)c2)cc1S(=O)(=O)NCc1cccc(Cl)c1. The van der Waals surface area contributed by atoms with Crippen molar-refractivity contribution in [2.24, 2.45) is 0 Å². The minimum atomic E-state index is -4.10. The van der Waals surface area contributed by atoms with Gasteiger partial charge in [0.15, 0.2) is 0 Å². The van der Waals surface area contributed by atoms with E-state index in [2.05, 4.69) is 9.44 Å². The van der Waals surface area contributed by atoms with Gasteiger partial charge in [-0.2, -0.15) is 0 Å². The van der Waals surface area contributed by atoms with Crippen molar-refractivity contribution in [2.75, 3.05) is 7.11 Å². The molecule has 0 fully saturated rings. The molecule has 32 heavy (non-hydrogen) atoms. The summed E-state index contributed by atoms with van der Waals surface area (Å²) in [6.07, 6.45) is 0. The number of rotatable bonds is 9. The third kappa shape index (κ3) is 6.22. The summed E-state index contributed by atoms with van der Waals surface area (Å²) in [7, 11) is -6.80. The first kappa shape index (κ1) is 24.5. The molecular formula is C21H20Cl2N2O5S2. The van der Waals surface area contributed by atoms with Crippen molar-refractivity contribution in [3.05, 3.63) is 87.9 Å². The van der Waals surface area contributed by atoms with E-state index in [1.54, 1.807) is 48.5 Å². The van der Waals surface area contributed by atoms with E-state index >= 15 is 0 Å². The van der Waals surface area contributed by atoms with Gasteiger partial charge in [0.05, 0.1) is 12.0 Å². The average Bonchev–Trinajstić information content (AvgIpc) is 2.76. The van der Waals surface area contributed by atoms with Crippen molar-refractivity contribution in [2.45, 2.75) is 22.9 Å². The molecule has 3 aromatic rings. The lowest BCUT2D eigenvalue weighted by Crippen LogP contribution is -2.26. The van der Waals surface area contributed by atoms with Gasteiger partial charge in [-0.1, -0.05) is 47.5 Å². The number of hydrogen-bond acceptors (Lipinski definition) is 5. The first-order valence-corrected chi connectivity index (χ1v) is 13.0. The molecule has 170 valence electrons. The molecule has 11 heteroatoms. The highest BCUT2D eigenvalue weighted by atomic mass is 35.5. The lowest BCUT2D eigenvalue weighted by molar-refractivity contribution is 0.401. The smallest absolute Gasteiger partial charge is 0.244 e. The van der Waals surface area contributed by atoms with Gasteiger partial charge in [-0.05, 0) is 53.6 Å². The van der Waals surface area contributed by atoms with Crippen LogP contribution < -0.4 is 14.2 Å². The first-order valence-electron chi connectivity index (χ1n) is 9.27. The van der Waals surface area contributed by atoms with Crippen LogP contribution in [0, 0.1) is 0 Å². The van der Waals surface area contributed by atoms with E-state index < -0.39 is 20.0 Å². The minimum Gasteiger partial charge on any atom is -0.495 e. The quantitative estimate of drug-likeness (QED) is 0.449. The Labute approximate surface area is 197 Å². The first-order chi connectivity index (χ1) is 15.1. The molecule has 3 aromatic carbocycles. The molecule has 0 aliphatic rings. The highest BCUT2D eigenvalue weighted by Crippen LogP contribution is 2.27. The summed E-state index contributed by atoms with van der Waals surface area (Å²) >= 11 is 11.9. The van der Waals surface area contributed by atoms with E-state index in [1.165, 1.54) is 19.2 Å². The molecular weight excluding hydrogens is 495 g/mol. The minimum absolute atomic E-state index is 0.00990. The zero-order valence-electron chi connectivity index (χ0n) is 16.9. The van der Waals surface area contributed by atoms with E-state index in [0.717, 1.165) is 6.07 Å². The predicted octanol–water partition coefficient (Wildman–Crippen LogP) is 3.96. The van der Waals surface area contributed by atoms with E-state index in [9.17, 15) is 16.8 Å². The van der Waals surface area contributed by atoms with Gasteiger partial charge in [0.1, 0.15) is 10.6 Å². The van der Waals surface area contributed by atoms with E-state index in [4.69, 9.17) is 27.9 Å². The van der Waals surface area contributed by atoms with Crippen molar-refractivity contribution < 1.29 is 21.6 Å². The Morgan fingerprint density at radius 1 is 0.750 bits per heavy atom. The van der Waals surface area contributed by atoms with Crippen molar-refractivity contribution >= 4 is 43.2 Å². The topological polar surface area (TPSA) is 102 Å². The van der Waals surface area contributed by atoms with Gasteiger partial charge in [-0.3, -0.25) is 0 Å². The molecule has 0 amide bonds. The van der Waals surface area contributed by atoms with Crippen molar-refractivity contribution in [1.29, 1.82) is 0 Å². The maximum atomic E-state index is 12.9. The number of nitrogens with one attached hydrogen (secondary N) is 2. The maximum Gasteiger partial charge on any atom is 0.244 e. The highest BCUT2D eigenvalue weighted by Gasteiger charge is 2.24. The largest absolute Gasteiger partial charge is 0.495 e. The fourth-order valence-corrected chi connectivity index (χ4v) is 5.60. The van der Waals surface area contributed by atoms with Crippen LogP contribution >= 0.6 is 23.2 Å².